The van der Waals surface area contributed by atoms with Crippen molar-refractivity contribution >= 4 is 17.8 Å². The van der Waals surface area contributed by atoms with Crippen LogP contribution in [0.2, 0.25) is 0 Å². The largest absolute Gasteiger partial charge is 0.497 e. The van der Waals surface area contributed by atoms with Crippen LogP contribution in [0.3, 0.4) is 0 Å². The van der Waals surface area contributed by atoms with Crippen LogP contribution in [0, 0.1) is 5.92 Å². The number of rotatable bonds is 9. The molecule has 3 unspecified atom stereocenters. The first kappa shape index (κ1) is 20.7. The first-order chi connectivity index (χ1) is 12.9. The van der Waals surface area contributed by atoms with Gasteiger partial charge in [-0.15, -0.1) is 0 Å². The van der Waals surface area contributed by atoms with E-state index in [2.05, 4.69) is 5.32 Å². The molecule has 7 nitrogen and oxygen atoms in total. The summed E-state index contributed by atoms with van der Waals surface area (Å²) < 4.78 is 5.19. The molecule has 0 radical (unpaired) electrons. The Kier molecular flexibility index (Phi) is 7.21. The average Bonchev–Trinajstić information content (AvgIpc) is 3.00. The molecule has 1 fully saturated rings. The fourth-order valence-corrected chi connectivity index (χ4v) is 3.45. The van der Waals surface area contributed by atoms with Crippen LogP contribution >= 0.6 is 0 Å². The smallest absolute Gasteiger partial charge is 0.326 e. The molecule has 2 amide bonds. The van der Waals surface area contributed by atoms with Crippen LogP contribution in [-0.4, -0.2) is 47.5 Å². The molecule has 148 valence electrons. The molecular formula is C20H28N2O5. The van der Waals surface area contributed by atoms with Gasteiger partial charge in [-0.25, -0.2) is 4.79 Å². The molecule has 27 heavy (non-hydrogen) atoms. The average molecular weight is 376 g/mol. The van der Waals surface area contributed by atoms with E-state index in [-0.39, 0.29) is 18.7 Å². The van der Waals surface area contributed by atoms with Gasteiger partial charge in [0.15, 0.2) is 0 Å². The highest BCUT2D eigenvalue weighted by Gasteiger charge is 2.44. The predicted octanol–water partition coefficient (Wildman–Crippen LogP) is 2.36. The van der Waals surface area contributed by atoms with Gasteiger partial charge in [-0.1, -0.05) is 32.4 Å². The van der Waals surface area contributed by atoms with Crippen molar-refractivity contribution in [1.82, 2.24) is 10.2 Å². The summed E-state index contributed by atoms with van der Waals surface area (Å²) in [6.07, 6.45) is 2.16. The summed E-state index contributed by atoms with van der Waals surface area (Å²) in [5, 5.41) is 11.8. The third-order valence-corrected chi connectivity index (χ3v) is 5.00. The number of hydrogen-bond donors (Lipinski definition) is 2. The zero-order chi connectivity index (χ0) is 20.0. The molecule has 1 heterocycles. The van der Waals surface area contributed by atoms with Gasteiger partial charge in [-0.05, 0) is 30.5 Å². The molecule has 7 heteroatoms. The van der Waals surface area contributed by atoms with Crippen molar-refractivity contribution in [2.45, 2.75) is 51.6 Å². The molecule has 1 aromatic rings. The molecule has 1 saturated heterocycles. The van der Waals surface area contributed by atoms with Gasteiger partial charge in [0.1, 0.15) is 11.8 Å². The third-order valence-electron chi connectivity index (χ3n) is 5.00. The summed E-state index contributed by atoms with van der Waals surface area (Å²) in [4.78, 5) is 38.4. The summed E-state index contributed by atoms with van der Waals surface area (Å²) >= 11 is 0. The Morgan fingerprint density at radius 3 is 2.48 bits per heavy atom. The number of methoxy groups -OCH3 is 1. The predicted molar refractivity (Wildman–Crippen MR) is 100 cm³/mol. The molecule has 0 spiro atoms. The second-order valence-electron chi connectivity index (χ2n) is 6.78. The van der Waals surface area contributed by atoms with Crippen LogP contribution in [0.5, 0.6) is 5.75 Å². The van der Waals surface area contributed by atoms with E-state index in [4.69, 9.17) is 4.74 Å². The highest BCUT2D eigenvalue weighted by atomic mass is 16.5. The van der Waals surface area contributed by atoms with E-state index in [1.165, 1.54) is 0 Å². The number of carbonyl (C=O) groups excluding carboxylic acids is 2. The van der Waals surface area contributed by atoms with Crippen LogP contribution in [-0.2, 0) is 14.4 Å². The van der Waals surface area contributed by atoms with E-state index in [1.807, 2.05) is 19.1 Å². The van der Waals surface area contributed by atoms with E-state index < -0.39 is 29.9 Å². The Labute approximate surface area is 159 Å². The molecular weight excluding hydrogens is 348 g/mol. The number of unbranched alkanes of at least 4 members (excludes halogenated alkanes) is 1. The van der Waals surface area contributed by atoms with Crippen LogP contribution in [0.15, 0.2) is 24.3 Å². The summed E-state index contributed by atoms with van der Waals surface area (Å²) in [5.41, 5.74) is 0.848. The SMILES string of the molecule is CCCCN1C(=O)CC(C(=O)NC(CC)C(=O)O)C1c1ccc(OC)cc1. The number of likely N-dealkylation sites (tertiary alicyclic amines) is 1. The molecule has 0 aliphatic carbocycles. The van der Waals surface area contributed by atoms with Crippen molar-refractivity contribution in [1.29, 1.82) is 0 Å². The molecule has 0 aromatic heterocycles. The highest BCUT2D eigenvalue weighted by Crippen LogP contribution is 2.39. The quantitative estimate of drug-likeness (QED) is 0.690. The Balaban J connectivity index is 2.30. The lowest BCUT2D eigenvalue weighted by Crippen LogP contribution is -2.44. The highest BCUT2D eigenvalue weighted by molar-refractivity contribution is 5.92. The number of carbonyl (C=O) groups is 3. The number of hydrogen-bond acceptors (Lipinski definition) is 4. The van der Waals surface area contributed by atoms with Crippen molar-refractivity contribution in [2.24, 2.45) is 5.92 Å². The Morgan fingerprint density at radius 2 is 1.96 bits per heavy atom. The van der Waals surface area contributed by atoms with Gasteiger partial charge in [0.05, 0.1) is 19.1 Å². The Morgan fingerprint density at radius 1 is 1.30 bits per heavy atom. The van der Waals surface area contributed by atoms with Gasteiger partial charge in [0, 0.05) is 13.0 Å². The maximum Gasteiger partial charge on any atom is 0.326 e. The standard InChI is InChI=1S/C20H28N2O5/c1-4-6-11-22-17(23)12-15(19(24)21-16(5-2)20(25)26)18(22)13-7-9-14(27-3)10-8-13/h7-10,15-16,18H,4-6,11-12H2,1-3H3,(H,21,24)(H,25,26). The number of nitrogens with zero attached hydrogens (tertiary/aromatic N) is 1. The second kappa shape index (κ2) is 9.39. The lowest BCUT2D eigenvalue weighted by atomic mass is 9.92. The molecule has 1 aliphatic heterocycles. The summed E-state index contributed by atoms with van der Waals surface area (Å²) in [6, 6.07) is 5.97. The van der Waals surface area contributed by atoms with Gasteiger partial charge in [0.2, 0.25) is 11.8 Å². The summed E-state index contributed by atoms with van der Waals surface area (Å²) in [6.45, 7) is 4.32. The molecule has 3 atom stereocenters. The minimum absolute atomic E-state index is 0.0761. The van der Waals surface area contributed by atoms with Gasteiger partial charge in [0.25, 0.3) is 0 Å². The Hall–Kier alpha value is -2.57. The van der Waals surface area contributed by atoms with E-state index in [9.17, 15) is 19.5 Å². The fourth-order valence-electron chi connectivity index (χ4n) is 3.45. The van der Waals surface area contributed by atoms with Crippen LogP contribution in [0.25, 0.3) is 0 Å². The minimum Gasteiger partial charge on any atom is -0.497 e. The molecule has 2 N–H and O–H groups in total. The third kappa shape index (κ3) is 4.78. The second-order valence-corrected chi connectivity index (χ2v) is 6.78. The molecule has 1 aromatic carbocycles. The van der Waals surface area contributed by atoms with E-state index in [0.29, 0.717) is 12.3 Å². The normalized spacial score (nSPS) is 20.4. The van der Waals surface area contributed by atoms with Gasteiger partial charge >= 0.3 is 5.97 Å². The maximum absolute atomic E-state index is 12.8. The number of nitrogens with one attached hydrogen (secondary N) is 1. The van der Waals surface area contributed by atoms with Crippen molar-refractivity contribution in [3.8, 4) is 5.75 Å². The zero-order valence-electron chi connectivity index (χ0n) is 16.1. The van der Waals surface area contributed by atoms with E-state index in [0.717, 1.165) is 18.4 Å². The van der Waals surface area contributed by atoms with E-state index in [1.54, 1.807) is 31.1 Å². The molecule has 2 rings (SSSR count). The topological polar surface area (TPSA) is 95.9 Å². The van der Waals surface area contributed by atoms with Crippen molar-refractivity contribution in [3.63, 3.8) is 0 Å². The number of carboxylic acids is 1. The van der Waals surface area contributed by atoms with Crippen molar-refractivity contribution < 1.29 is 24.2 Å². The number of amides is 2. The Bertz CT molecular complexity index is 673. The summed E-state index contributed by atoms with van der Waals surface area (Å²) in [7, 11) is 1.58. The summed E-state index contributed by atoms with van der Waals surface area (Å²) in [5.74, 6) is -1.46. The van der Waals surface area contributed by atoms with Crippen LogP contribution in [0.1, 0.15) is 51.1 Å². The van der Waals surface area contributed by atoms with Crippen molar-refractivity contribution in [3.05, 3.63) is 29.8 Å². The van der Waals surface area contributed by atoms with Gasteiger partial charge < -0.3 is 20.1 Å². The van der Waals surface area contributed by atoms with E-state index >= 15 is 0 Å². The van der Waals surface area contributed by atoms with Crippen molar-refractivity contribution in [2.75, 3.05) is 13.7 Å². The number of aliphatic carboxylic acids is 1. The maximum atomic E-state index is 12.8. The molecule has 0 bridgehead atoms. The zero-order valence-corrected chi connectivity index (χ0v) is 16.1. The van der Waals surface area contributed by atoms with Gasteiger partial charge in [-0.2, -0.15) is 0 Å². The number of ether oxygens (including phenoxy) is 1. The lowest BCUT2D eigenvalue weighted by Gasteiger charge is -2.29. The minimum atomic E-state index is -1.07. The van der Waals surface area contributed by atoms with Gasteiger partial charge in [-0.3, -0.25) is 9.59 Å². The van der Waals surface area contributed by atoms with Crippen LogP contribution in [0.4, 0.5) is 0 Å². The first-order valence-corrected chi connectivity index (χ1v) is 9.39. The monoisotopic (exact) mass is 376 g/mol. The molecule has 1 aliphatic rings. The number of benzene rings is 1. The molecule has 0 saturated carbocycles. The number of carboxylic acid groups (broad SMARTS) is 1. The van der Waals surface area contributed by atoms with Crippen LogP contribution < -0.4 is 10.1 Å². The fraction of sp³-hybridized carbons (Fsp3) is 0.550. The lowest BCUT2D eigenvalue weighted by molar-refractivity contribution is -0.142. The first-order valence-electron chi connectivity index (χ1n) is 9.39.